The Kier molecular flexibility index (Phi) is 6.49. The van der Waals surface area contributed by atoms with Gasteiger partial charge in [0, 0.05) is 6.54 Å². The van der Waals surface area contributed by atoms with E-state index in [1.54, 1.807) is 0 Å². The molecule has 108 valence electrons. The summed E-state index contributed by atoms with van der Waals surface area (Å²) in [6.07, 6.45) is 1.18. The van der Waals surface area contributed by atoms with Gasteiger partial charge in [0.15, 0.2) is 0 Å². The largest absolute Gasteiger partial charge is 0.394 e. The summed E-state index contributed by atoms with van der Waals surface area (Å²) in [7, 11) is 4.03. The number of hydrogen-bond acceptors (Lipinski definition) is 3. The molecular weight excluding hydrogens is 236 g/mol. The quantitative estimate of drug-likeness (QED) is 0.754. The maximum Gasteiger partial charge on any atom is 0.0795 e. The van der Waals surface area contributed by atoms with Crippen molar-refractivity contribution in [1.29, 1.82) is 0 Å². The number of nitrogens with zero attached hydrogens (tertiary/aromatic N) is 1. The van der Waals surface area contributed by atoms with E-state index in [9.17, 15) is 5.11 Å². The highest BCUT2D eigenvalue weighted by atomic mass is 16.3. The first-order chi connectivity index (χ1) is 9.04. The van der Waals surface area contributed by atoms with Gasteiger partial charge in [-0.1, -0.05) is 44.2 Å². The zero-order chi connectivity index (χ0) is 14.3. The van der Waals surface area contributed by atoms with Gasteiger partial charge in [-0.25, -0.2) is 0 Å². The van der Waals surface area contributed by atoms with Crippen molar-refractivity contribution < 1.29 is 5.11 Å². The van der Waals surface area contributed by atoms with E-state index in [4.69, 9.17) is 0 Å². The van der Waals surface area contributed by atoms with Crippen LogP contribution in [0.15, 0.2) is 30.3 Å². The fraction of sp³-hybridized carbons (Fsp3) is 0.625. The number of benzene rings is 1. The maximum absolute atomic E-state index is 9.87. The molecule has 0 saturated carbocycles. The van der Waals surface area contributed by atoms with E-state index in [0.29, 0.717) is 5.92 Å². The van der Waals surface area contributed by atoms with Crippen molar-refractivity contribution in [1.82, 2.24) is 10.2 Å². The Morgan fingerprint density at radius 1 is 1.26 bits per heavy atom. The summed E-state index contributed by atoms with van der Waals surface area (Å²) in [4.78, 5) is 2.29. The number of nitrogens with one attached hydrogen (secondary N) is 1. The molecule has 1 aromatic rings. The summed E-state index contributed by atoms with van der Waals surface area (Å²) in [6.45, 7) is 6.43. The molecule has 0 radical (unpaired) electrons. The van der Waals surface area contributed by atoms with E-state index < -0.39 is 0 Å². The second kappa shape index (κ2) is 7.63. The van der Waals surface area contributed by atoms with Crippen LogP contribution in [0.3, 0.4) is 0 Å². The number of likely N-dealkylation sites (N-methyl/N-ethyl adjacent to an activating group) is 2. The summed E-state index contributed by atoms with van der Waals surface area (Å²) in [6, 6.07) is 10.2. The molecule has 0 spiro atoms. The lowest BCUT2D eigenvalue weighted by molar-refractivity contribution is 0.122. The first-order valence-corrected chi connectivity index (χ1v) is 7.08. The Hall–Kier alpha value is -0.900. The zero-order valence-corrected chi connectivity index (χ0v) is 12.7. The van der Waals surface area contributed by atoms with Crippen molar-refractivity contribution >= 4 is 0 Å². The molecule has 0 heterocycles. The van der Waals surface area contributed by atoms with E-state index in [1.807, 2.05) is 25.2 Å². The molecule has 0 fully saturated rings. The third-order valence-electron chi connectivity index (χ3n) is 3.70. The Morgan fingerprint density at radius 2 is 1.89 bits per heavy atom. The van der Waals surface area contributed by atoms with Gasteiger partial charge in [0.25, 0.3) is 0 Å². The molecule has 1 rings (SSSR count). The molecule has 0 aliphatic heterocycles. The van der Waals surface area contributed by atoms with Crippen LogP contribution in [0, 0.1) is 5.92 Å². The van der Waals surface area contributed by atoms with Crippen LogP contribution in [0.25, 0.3) is 0 Å². The summed E-state index contributed by atoms with van der Waals surface area (Å²) < 4.78 is 0. The summed E-state index contributed by atoms with van der Waals surface area (Å²) in [5.74, 6) is 0.706. The molecule has 3 nitrogen and oxygen atoms in total. The van der Waals surface area contributed by atoms with Crippen molar-refractivity contribution in [2.24, 2.45) is 5.92 Å². The molecule has 0 bridgehead atoms. The summed E-state index contributed by atoms with van der Waals surface area (Å²) >= 11 is 0. The highest BCUT2D eigenvalue weighted by Gasteiger charge is 2.30. The fourth-order valence-corrected chi connectivity index (χ4v) is 2.31. The first-order valence-electron chi connectivity index (χ1n) is 7.08. The SMILES string of the molecule is CNC(CO)(CN(C)CCC(C)C)c1ccccc1. The predicted molar refractivity (Wildman–Crippen MR) is 81.2 cm³/mol. The lowest BCUT2D eigenvalue weighted by Gasteiger charge is -2.36. The standard InChI is InChI=1S/C16H28N2O/c1-14(2)10-11-18(4)12-16(13-19,17-3)15-8-6-5-7-9-15/h5-9,14,17,19H,10-13H2,1-4H3. The van der Waals surface area contributed by atoms with Gasteiger partial charge in [-0.15, -0.1) is 0 Å². The Labute approximate surface area is 117 Å². The topological polar surface area (TPSA) is 35.5 Å². The summed E-state index contributed by atoms with van der Waals surface area (Å²) in [5.41, 5.74) is 0.754. The average Bonchev–Trinajstić information content (AvgIpc) is 2.43. The molecule has 0 aliphatic carbocycles. The highest BCUT2D eigenvalue weighted by Crippen LogP contribution is 2.21. The normalized spacial score (nSPS) is 14.9. The molecule has 1 unspecified atom stereocenters. The van der Waals surface area contributed by atoms with Gasteiger partial charge in [0.05, 0.1) is 12.1 Å². The van der Waals surface area contributed by atoms with E-state index in [-0.39, 0.29) is 12.1 Å². The molecule has 0 saturated heterocycles. The Morgan fingerprint density at radius 3 is 2.37 bits per heavy atom. The molecular formula is C16H28N2O. The van der Waals surface area contributed by atoms with Crippen molar-refractivity contribution in [2.45, 2.75) is 25.8 Å². The van der Waals surface area contributed by atoms with Crippen molar-refractivity contribution in [3.05, 3.63) is 35.9 Å². The van der Waals surface area contributed by atoms with Gasteiger partial charge in [-0.3, -0.25) is 0 Å². The average molecular weight is 264 g/mol. The highest BCUT2D eigenvalue weighted by molar-refractivity contribution is 5.25. The van der Waals surface area contributed by atoms with Gasteiger partial charge in [0.1, 0.15) is 0 Å². The monoisotopic (exact) mass is 264 g/mol. The Bertz CT molecular complexity index is 347. The van der Waals surface area contributed by atoms with Gasteiger partial charge >= 0.3 is 0 Å². The molecule has 1 atom stereocenters. The van der Waals surface area contributed by atoms with E-state index in [1.165, 1.54) is 6.42 Å². The van der Waals surface area contributed by atoms with Crippen LogP contribution < -0.4 is 5.32 Å². The van der Waals surface area contributed by atoms with Crippen LogP contribution in [0.1, 0.15) is 25.8 Å². The molecule has 0 amide bonds. The number of aliphatic hydroxyl groups excluding tert-OH is 1. The minimum atomic E-state index is -0.382. The van der Waals surface area contributed by atoms with Gasteiger partial charge < -0.3 is 15.3 Å². The molecule has 1 aromatic carbocycles. The second-order valence-electron chi connectivity index (χ2n) is 5.78. The smallest absolute Gasteiger partial charge is 0.0795 e. The second-order valence-corrected chi connectivity index (χ2v) is 5.78. The van der Waals surface area contributed by atoms with Crippen molar-refractivity contribution in [3.63, 3.8) is 0 Å². The summed E-state index contributed by atoms with van der Waals surface area (Å²) in [5, 5.41) is 13.2. The Balaban J connectivity index is 2.77. The maximum atomic E-state index is 9.87. The molecule has 0 aromatic heterocycles. The number of rotatable bonds is 8. The lowest BCUT2D eigenvalue weighted by Crippen LogP contribution is -2.51. The molecule has 2 N–H and O–H groups in total. The van der Waals surface area contributed by atoms with Crippen LogP contribution in [0.2, 0.25) is 0 Å². The van der Waals surface area contributed by atoms with Crippen molar-refractivity contribution in [3.8, 4) is 0 Å². The van der Waals surface area contributed by atoms with Crippen LogP contribution in [0.4, 0.5) is 0 Å². The third-order valence-corrected chi connectivity index (χ3v) is 3.70. The van der Waals surface area contributed by atoms with E-state index >= 15 is 0 Å². The van der Waals surface area contributed by atoms with Gasteiger partial charge in [-0.2, -0.15) is 0 Å². The predicted octanol–water partition coefficient (Wildman–Crippen LogP) is 2.07. The molecule has 19 heavy (non-hydrogen) atoms. The lowest BCUT2D eigenvalue weighted by atomic mass is 9.90. The van der Waals surface area contributed by atoms with E-state index in [2.05, 4.69) is 43.2 Å². The van der Waals surface area contributed by atoms with Gasteiger partial charge in [-0.05, 0) is 38.5 Å². The zero-order valence-electron chi connectivity index (χ0n) is 12.7. The number of aliphatic hydroxyl groups is 1. The van der Waals surface area contributed by atoms with Crippen LogP contribution in [-0.4, -0.2) is 43.8 Å². The minimum absolute atomic E-state index is 0.0968. The molecule has 0 aliphatic rings. The van der Waals surface area contributed by atoms with Crippen LogP contribution in [-0.2, 0) is 5.54 Å². The third kappa shape index (κ3) is 4.60. The van der Waals surface area contributed by atoms with Crippen LogP contribution >= 0.6 is 0 Å². The first kappa shape index (κ1) is 16.2. The van der Waals surface area contributed by atoms with E-state index in [0.717, 1.165) is 18.7 Å². The van der Waals surface area contributed by atoms with Crippen molar-refractivity contribution in [2.75, 3.05) is 33.8 Å². The minimum Gasteiger partial charge on any atom is -0.394 e. The number of hydrogen-bond donors (Lipinski definition) is 2. The van der Waals surface area contributed by atoms with Gasteiger partial charge in [0.2, 0.25) is 0 Å². The fourth-order valence-electron chi connectivity index (χ4n) is 2.31. The molecule has 3 heteroatoms. The van der Waals surface area contributed by atoms with Crippen LogP contribution in [0.5, 0.6) is 0 Å².